The first-order valence-corrected chi connectivity index (χ1v) is 8.38. The summed E-state index contributed by atoms with van der Waals surface area (Å²) in [5, 5.41) is 9.37. The fourth-order valence-corrected chi connectivity index (χ4v) is 3.92. The van der Waals surface area contributed by atoms with Crippen molar-refractivity contribution in [2.24, 2.45) is 11.8 Å². The number of pyridine rings is 1. The van der Waals surface area contributed by atoms with Crippen molar-refractivity contribution in [3.63, 3.8) is 0 Å². The van der Waals surface area contributed by atoms with Crippen molar-refractivity contribution in [3.8, 4) is 5.75 Å². The molecule has 1 aromatic heterocycles. The van der Waals surface area contributed by atoms with E-state index in [-0.39, 0.29) is 5.91 Å². The monoisotopic (exact) mass is 323 g/mol. The van der Waals surface area contributed by atoms with Crippen molar-refractivity contribution >= 4 is 5.91 Å². The normalized spacial score (nSPS) is 23.4. The van der Waals surface area contributed by atoms with Gasteiger partial charge in [0, 0.05) is 50.7 Å². The Hall–Kier alpha value is -2.40. The number of carbonyl (C=O) groups excluding carboxylic acids is 1. The largest absolute Gasteiger partial charge is 0.508 e. The highest BCUT2D eigenvalue weighted by Gasteiger charge is 2.41. The molecule has 1 amide bonds. The standard InChI is InChI=1S/C19H21N3O2/c23-18-3-1-14(2-4-18)9-21-10-16-12-22(13-17(16)11-21)19(24)15-5-7-20-8-6-15/h1-8,16-17,23H,9-13H2/t16-,17+. The molecule has 0 spiro atoms. The Morgan fingerprint density at radius 2 is 1.62 bits per heavy atom. The number of carbonyl (C=O) groups is 1. The minimum Gasteiger partial charge on any atom is -0.508 e. The van der Waals surface area contributed by atoms with E-state index in [2.05, 4.69) is 9.88 Å². The number of benzene rings is 1. The van der Waals surface area contributed by atoms with E-state index in [4.69, 9.17) is 0 Å². The number of aromatic hydroxyl groups is 1. The van der Waals surface area contributed by atoms with Crippen molar-refractivity contribution in [1.29, 1.82) is 0 Å². The van der Waals surface area contributed by atoms with E-state index >= 15 is 0 Å². The van der Waals surface area contributed by atoms with Gasteiger partial charge in [-0.3, -0.25) is 14.7 Å². The van der Waals surface area contributed by atoms with Gasteiger partial charge in [0.05, 0.1) is 0 Å². The van der Waals surface area contributed by atoms with E-state index in [0.717, 1.165) is 38.3 Å². The summed E-state index contributed by atoms with van der Waals surface area (Å²) in [5.74, 6) is 1.56. The highest BCUT2D eigenvalue weighted by atomic mass is 16.3. The lowest BCUT2D eigenvalue weighted by Crippen LogP contribution is -2.33. The first-order valence-electron chi connectivity index (χ1n) is 8.38. The fourth-order valence-electron chi connectivity index (χ4n) is 3.92. The van der Waals surface area contributed by atoms with Crippen molar-refractivity contribution in [3.05, 3.63) is 59.9 Å². The first-order chi connectivity index (χ1) is 11.7. The van der Waals surface area contributed by atoms with Crippen LogP contribution in [-0.2, 0) is 6.54 Å². The molecule has 2 aliphatic rings. The Morgan fingerprint density at radius 3 is 2.25 bits per heavy atom. The van der Waals surface area contributed by atoms with E-state index in [0.29, 0.717) is 17.6 Å². The summed E-state index contributed by atoms with van der Waals surface area (Å²) in [4.78, 5) is 21.0. The summed E-state index contributed by atoms with van der Waals surface area (Å²) in [5.41, 5.74) is 1.95. The summed E-state index contributed by atoms with van der Waals surface area (Å²) < 4.78 is 0. The Balaban J connectivity index is 1.35. The van der Waals surface area contributed by atoms with Crippen LogP contribution in [0.3, 0.4) is 0 Å². The Kier molecular flexibility index (Phi) is 3.94. The number of nitrogens with zero attached hydrogens (tertiary/aromatic N) is 3. The highest BCUT2D eigenvalue weighted by molar-refractivity contribution is 5.94. The van der Waals surface area contributed by atoms with Crippen LogP contribution in [0.4, 0.5) is 0 Å². The second kappa shape index (κ2) is 6.24. The predicted octanol–water partition coefficient (Wildman–Crippen LogP) is 1.99. The minimum absolute atomic E-state index is 0.122. The van der Waals surface area contributed by atoms with E-state index < -0.39 is 0 Å². The maximum absolute atomic E-state index is 12.5. The van der Waals surface area contributed by atoms with Gasteiger partial charge in [0.25, 0.3) is 5.91 Å². The summed E-state index contributed by atoms with van der Waals surface area (Å²) >= 11 is 0. The maximum Gasteiger partial charge on any atom is 0.253 e. The van der Waals surface area contributed by atoms with Crippen LogP contribution in [0.5, 0.6) is 5.75 Å². The lowest BCUT2D eigenvalue weighted by atomic mass is 10.0. The molecule has 124 valence electrons. The molecule has 2 aromatic rings. The third-order valence-corrected chi connectivity index (χ3v) is 5.12. The lowest BCUT2D eigenvalue weighted by molar-refractivity contribution is 0.0773. The van der Waals surface area contributed by atoms with Crippen LogP contribution in [0.25, 0.3) is 0 Å². The number of fused-ring (bicyclic) bond motifs is 1. The number of rotatable bonds is 3. The molecule has 4 rings (SSSR count). The lowest BCUT2D eigenvalue weighted by Gasteiger charge is -2.21. The number of phenols is 1. The fraction of sp³-hybridized carbons (Fsp3) is 0.368. The van der Waals surface area contributed by atoms with Gasteiger partial charge in [-0.25, -0.2) is 0 Å². The van der Waals surface area contributed by atoms with Crippen LogP contribution in [0.2, 0.25) is 0 Å². The molecule has 0 saturated carbocycles. The van der Waals surface area contributed by atoms with Crippen LogP contribution in [0.15, 0.2) is 48.8 Å². The summed E-state index contributed by atoms with van der Waals surface area (Å²) in [6.07, 6.45) is 3.34. The second-order valence-electron chi connectivity index (χ2n) is 6.83. The topological polar surface area (TPSA) is 56.7 Å². The molecule has 2 atom stereocenters. The first kappa shape index (κ1) is 15.1. The number of aromatic nitrogens is 1. The van der Waals surface area contributed by atoms with Crippen molar-refractivity contribution in [2.45, 2.75) is 6.54 Å². The number of amides is 1. The molecule has 2 fully saturated rings. The van der Waals surface area contributed by atoms with Gasteiger partial charge in [0.15, 0.2) is 0 Å². The molecule has 0 aliphatic carbocycles. The summed E-state index contributed by atoms with van der Waals surface area (Å²) in [6, 6.07) is 11.0. The van der Waals surface area contributed by atoms with Crippen molar-refractivity contribution < 1.29 is 9.90 Å². The third kappa shape index (κ3) is 2.99. The van der Waals surface area contributed by atoms with Crippen LogP contribution in [0.1, 0.15) is 15.9 Å². The number of hydrogen-bond donors (Lipinski definition) is 1. The van der Waals surface area contributed by atoms with Gasteiger partial charge in [-0.15, -0.1) is 0 Å². The average Bonchev–Trinajstić information content (AvgIpc) is 3.15. The molecule has 24 heavy (non-hydrogen) atoms. The zero-order valence-electron chi connectivity index (χ0n) is 13.5. The smallest absolute Gasteiger partial charge is 0.253 e. The van der Waals surface area contributed by atoms with Crippen molar-refractivity contribution in [1.82, 2.24) is 14.8 Å². The molecule has 2 aliphatic heterocycles. The van der Waals surface area contributed by atoms with Gasteiger partial charge < -0.3 is 10.0 Å². The Bertz CT molecular complexity index is 703. The number of phenolic OH excluding ortho intramolecular Hbond substituents is 1. The maximum atomic E-state index is 12.5. The predicted molar refractivity (Wildman–Crippen MR) is 90.5 cm³/mol. The summed E-state index contributed by atoms with van der Waals surface area (Å²) in [6.45, 7) is 4.67. The van der Waals surface area contributed by atoms with E-state index in [1.165, 1.54) is 5.56 Å². The molecule has 2 saturated heterocycles. The average molecular weight is 323 g/mol. The molecular formula is C19H21N3O2. The van der Waals surface area contributed by atoms with E-state index in [1.807, 2.05) is 17.0 Å². The van der Waals surface area contributed by atoms with Gasteiger partial charge in [0.1, 0.15) is 5.75 Å². The Labute approximate surface area is 141 Å². The van der Waals surface area contributed by atoms with Gasteiger partial charge >= 0.3 is 0 Å². The SMILES string of the molecule is O=C(c1ccncc1)N1C[C@H]2CN(Cc3ccc(O)cc3)C[C@H]2C1. The molecule has 0 bridgehead atoms. The highest BCUT2D eigenvalue weighted by Crippen LogP contribution is 2.32. The minimum atomic E-state index is 0.122. The summed E-state index contributed by atoms with van der Waals surface area (Å²) in [7, 11) is 0. The molecule has 0 radical (unpaired) electrons. The molecule has 0 unspecified atom stereocenters. The molecule has 1 N–H and O–H groups in total. The van der Waals surface area contributed by atoms with Crippen LogP contribution < -0.4 is 0 Å². The second-order valence-corrected chi connectivity index (χ2v) is 6.83. The molecular weight excluding hydrogens is 302 g/mol. The van der Waals surface area contributed by atoms with Crippen LogP contribution in [-0.4, -0.2) is 52.0 Å². The molecule has 1 aromatic carbocycles. The van der Waals surface area contributed by atoms with Gasteiger partial charge in [-0.2, -0.15) is 0 Å². The number of likely N-dealkylation sites (tertiary alicyclic amines) is 2. The molecule has 5 nitrogen and oxygen atoms in total. The Morgan fingerprint density at radius 1 is 1.00 bits per heavy atom. The van der Waals surface area contributed by atoms with Crippen LogP contribution in [0, 0.1) is 11.8 Å². The third-order valence-electron chi connectivity index (χ3n) is 5.12. The van der Waals surface area contributed by atoms with Gasteiger partial charge in [0.2, 0.25) is 0 Å². The zero-order valence-corrected chi connectivity index (χ0v) is 13.5. The van der Waals surface area contributed by atoms with E-state index in [9.17, 15) is 9.90 Å². The zero-order chi connectivity index (χ0) is 16.5. The van der Waals surface area contributed by atoms with Crippen molar-refractivity contribution in [2.75, 3.05) is 26.2 Å². The van der Waals surface area contributed by atoms with Gasteiger partial charge in [-0.1, -0.05) is 12.1 Å². The molecule has 5 heteroatoms. The number of hydrogen-bond acceptors (Lipinski definition) is 4. The van der Waals surface area contributed by atoms with E-state index in [1.54, 1.807) is 36.7 Å². The molecule has 3 heterocycles. The van der Waals surface area contributed by atoms with Gasteiger partial charge in [-0.05, 0) is 41.7 Å². The quantitative estimate of drug-likeness (QED) is 0.938. The van der Waals surface area contributed by atoms with Crippen LogP contribution >= 0.6 is 0 Å².